The molecule has 0 aliphatic carbocycles. The van der Waals surface area contributed by atoms with Gasteiger partial charge in [-0.3, -0.25) is 0 Å². The van der Waals surface area contributed by atoms with E-state index in [2.05, 4.69) is 33.1 Å². The van der Waals surface area contributed by atoms with Gasteiger partial charge in [0.25, 0.3) is 0 Å². The van der Waals surface area contributed by atoms with Gasteiger partial charge < -0.3 is 10.2 Å². The van der Waals surface area contributed by atoms with Crippen LogP contribution in [0.3, 0.4) is 0 Å². The molecule has 0 fully saturated rings. The smallest absolute Gasteiger partial charge is 0.245 e. The molecule has 5 nitrogen and oxygen atoms in total. The minimum atomic E-state index is -3.74. The largest absolute Gasteiger partial charge is 0.352 e. The minimum absolute atomic E-state index is 0.177. The van der Waals surface area contributed by atoms with Gasteiger partial charge in [-0.15, -0.1) is 0 Å². The summed E-state index contributed by atoms with van der Waals surface area (Å²) in [5.41, 5.74) is 2.38. The third-order valence-corrected chi connectivity index (χ3v) is 8.60. The van der Waals surface area contributed by atoms with Gasteiger partial charge in [-0.05, 0) is 58.7 Å². The first-order valence-electron chi connectivity index (χ1n) is 11.0. The van der Waals surface area contributed by atoms with Gasteiger partial charge >= 0.3 is 0 Å². The number of nitrogens with one attached hydrogen (secondary N) is 1. The first-order valence-corrected chi connectivity index (χ1v) is 13.2. The highest BCUT2D eigenvalue weighted by Crippen LogP contribution is 2.42. The lowest BCUT2D eigenvalue weighted by atomic mass is 10.1. The molecule has 33 heavy (non-hydrogen) atoms. The minimum Gasteiger partial charge on any atom is -0.352 e. The van der Waals surface area contributed by atoms with Crippen LogP contribution in [-0.2, 0) is 10.0 Å². The summed E-state index contributed by atoms with van der Waals surface area (Å²) in [7, 11) is -2.08. The predicted molar refractivity (Wildman–Crippen MR) is 136 cm³/mol. The second-order valence-corrected chi connectivity index (χ2v) is 11.0. The molecule has 0 aromatic heterocycles. The number of nitrogens with zero attached hydrogens (tertiary/aromatic N) is 2. The van der Waals surface area contributed by atoms with Crippen LogP contribution >= 0.6 is 15.9 Å². The maximum absolute atomic E-state index is 14.3. The van der Waals surface area contributed by atoms with E-state index in [0.29, 0.717) is 28.1 Å². The Balaban J connectivity index is 1.88. The lowest BCUT2D eigenvalue weighted by Gasteiger charge is -2.29. The van der Waals surface area contributed by atoms with Gasteiger partial charge in [-0.25, -0.2) is 12.8 Å². The van der Waals surface area contributed by atoms with Gasteiger partial charge in [-0.2, -0.15) is 4.31 Å². The maximum atomic E-state index is 14.3. The molecule has 1 unspecified atom stereocenters. The van der Waals surface area contributed by atoms with Crippen molar-refractivity contribution in [3.8, 4) is 0 Å². The number of hydrogen-bond acceptors (Lipinski definition) is 4. The van der Waals surface area contributed by atoms with E-state index < -0.39 is 10.0 Å². The van der Waals surface area contributed by atoms with E-state index >= 15 is 0 Å². The molecule has 174 valence electrons. The SMILES string of the molecule is CCCCC1CN(c2ccccc2)c2cc(Nc3ccccc3F)c(Br)cc2S(=O)(=O)N1C. The number of para-hydroxylation sites is 2. The van der Waals surface area contributed by atoms with Crippen molar-refractivity contribution in [2.24, 2.45) is 0 Å². The van der Waals surface area contributed by atoms with Crippen LogP contribution in [-0.4, -0.2) is 32.4 Å². The molecular weight excluding hydrogens is 505 g/mol. The average molecular weight is 532 g/mol. The van der Waals surface area contributed by atoms with E-state index in [1.165, 1.54) is 10.4 Å². The van der Waals surface area contributed by atoms with Crippen LogP contribution in [0.25, 0.3) is 0 Å². The molecule has 1 aliphatic heterocycles. The number of unbranched alkanes of at least 4 members (excludes halogenated alkanes) is 1. The Labute approximate surface area is 203 Å². The van der Waals surface area contributed by atoms with Crippen molar-refractivity contribution in [3.05, 3.63) is 77.0 Å². The molecule has 1 heterocycles. The number of sulfonamides is 1. The van der Waals surface area contributed by atoms with Crippen molar-refractivity contribution in [1.82, 2.24) is 4.31 Å². The third kappa shape index (κ3) is 4.78. The van der Waals surface area contributed by atoms with Crippen LogP contribution in [0.2, 0.25) is 0 Å². The lowest BCUT2D eigenvalue weighted by molar-refractivity contribution is 0.351. The highest BCUT2D eigenvalue weighted by Gasteiger charge is 2.37. The fraction of sp³-hybridized carbons (Fsp3) is 0.280. The number of fused-ring (bicyclic) bond motifs is 1. The van der Waals surface area contributed by atoms with Crippen molar-refractivity contribution in [1.29, 1.82) is 0 Å². The van der Waals surface area contributed by atoms with E-state index in [9.17, 15) is 12.8 Å². The van der Waals surface area contributed by atoms with E-state index in [-0.39, 0.29) is 16.8 Å². The Kier molecular flexibility index (Phi) is 7.07. The zero-order chi connectivity index (χ0) is 23.6. The van der Waals surface area contributed by atoms with Crippen LogP contribution in [0.1, 0.15) is 26.2 Å². The van der Waals surface area contributed by atoms with Gasteiger partial charge in [0.1, 0.15) is 10.7 Å². The molecule has 0 saturated carbocycles. The fourth-order valence-corrected chi connectivity index (χ4v) is 6.27. The molecule has 8 heteroatoms. The third-order valence-electron chi connectivity index (χ3n) is 6.01. The second-order valence-electron chi connectivity index (χ2n) is 8.17. The molecule has 3 aromatic carbocycles. The van der Waals surface area contributed by atoms with Crippen molar-refractivity contribution in [3.63, 3.8) is 0 Å². The van der Waals surface area contributed by atoms with Crippen LogP contribution < -0.4 is 10.2 Å². The number of hydrogen-bond donors (Lipinski definition) is 1. The average Bonchev–Trinajstić information content (AvgIpc) is 2.88. The molecule has 0 radical (unpaired) electrons. The van der Waals surface area contributed by atoms with Gasteiger partial charge in [-0.1, -0.05) is 50.1 Å². The Morgan fingerprint density at radius 1 is 1.06 bits per heavy atom. The van der Waals surface area contributed by atoms with E-state index in [0.717, 1.165) is 24.9 Å². The fourth-order valence-electron chi connectivity index (χ4n) is 4.11. The van der Waals surface area contributed by atoms with Crippen molar-refractivity contribution in [2.45, 2.75) is 37.1 Å². The zero-order valence-corrected chi connectivity index (χ0v) is 21.0. The summed E-state index contributed by atoms with van der Waals surface area (Å²) in [6, 6.07) is 19.4. The summed E-state index contributed by atoms with van der Waals surface area (Å²) in [6.07, 6.45) is 2.70. The van der Waals surface area contributed by atoms with E-state index in [4.69, 9.17) is 0 Å². The normalized spacial score (nSPS) is 17.9. The van der Waals surface area contributed by atoms with Crippen molar-refractivity contribution < 1.29 is 12.8 Å². The summed E-state index contributed by atoms with van der Waals surface area (Å²) in [5.74, 6) is -0.383. The topological polar surface area (TPSA) is 52.7 Å². The van der Waals surface area contributed by atoms with Gasteiger partial charge in [0.2, 0.25) is 10.0 Å². The lowest BCUT2D eigenvalue weighted by Crippen LogP contribution is -2.40. The molecular formula is C25H27BrFN3O2S. The summed E-state index contributed by atoms with van der Waals surface area (Å²) in [5, 5.41) is 3.11. The van der Waals surface area contributed by atoms with Crippen LogP contribution in [0.15, 0.2) is 76.1 Å². The highest BCUT2D eigenvalue weighted by atomic mass is 79.9. The van der Waals surface area contributed by atoms with Gasteiger partial charge in [0.15, 0.2) is 0 Å². The summed E-state index contributed by atoms with van der Waals surface area (Å²) >= 11 is 3.50. The van der Waals surface area contributed by atoms with E-state index in [1.807, 2.05) is 30.3 Å². The van der Waals surface area contributed by atoms with Crippen LogP contribution in [0.4, 0.5) is 27.1 Å². The molecule has 0 spiro atoms. The molecule has 4 rings (SSSR count). The standard InChI is InChI=1S/C25H27BrFN3O2S/c1-3-4-10-19-17-30(18-11-6-5-7-12-18)24-16-23(28-22-14-9-8-13-21(22)27)20(26)15-25(24)33(31,32)29(19)2/h5-9,11-16,19,28H,3-4,10,17H2,1-2H3. The quantitative estimate of drug-likeness (QED) is 0.386. The van der Waals surface area contributed by atoms with Crippen molar-refractivity contribution >= 4 is 48.7 Å². The van der Waals surface area contributed by atoms with Crippen LogP contribution in [0, 0.1) is 5.82 Å². The highest BCUT2D eigenvalue weighted by molar-refractivity contribution is 9.10. The molecule has 1 N–H and O–H groups in total. The Morgan fingerprint density at radius 3 is 2.45 bits per heavy atom. The van der Waals surface area contributed by atoms with E-state index in [1.54, 1.807) is 37.4 Å². The van der Waals surface area contributed by atoms with Crippen LogP contribution in [0.5, 0.6) is 0 Å². The maximum Gasteiger partial charge on any atom is 0.245 e. The molecule has 0 saturated heterocycles. The molecule has 1 atom stereocenters. The summed E-state index contributed by atoms with van der Waals surface area (Å²) in [6.45, 7) is 2.63. The monoisotopic (exact) mass is 531 g/mol. The number of benzene rings is 3. The molecule has 3 aromatic rings. The first kappa shape index (κ1) is 23.7. The Hall–Kier alpha value is -2.42. The number of anilines is 4. The zero-order valence-electron chi connectivity index (χ0n) is 18.6. The molecule has 0 amide bonds. The van der Waals surface area contributed by atoms with Gasteiger partial charge in [0, 0.05) is 29.8 Å². The summed E-state index contributed by atoms with van der Waals surface area (Å²) in [4.78, 5) is 2.27. The number of likely N-dealkylation sites (N-methyl/N-ethyl adjacent to an activating group) is 1. The molecule has 1 aliphatic rings. The Bertz CT molecular complexity index is 1240. The first-order chi connectivity index (χ1) is 15.8. The number of rotatable bonds is 6. The predicted octanol–water partition coefficient (Wildman–Crippen LogP) is 6.66. The summed E-state index contributed by atoms with van der Waals surface area (Å²) < 4.78 is 43.6. The van der Waals surface area contributed by atoms with Crippen molar-refractivity contribution in [2.75, 3.05) is 23.8 Å². The second kappa shape index (κ2) is 9.83. The number of halogens is 2. The van der Waals surface area contributed by atoms with Gasteiger partial charge in [0.05, 0.1) is 17.1 Å². The molecule has 0 bridgehead atoms. The Morgan fingerprint density at radius 2 is 1.76 bits per heavy atom.